The van der Waals surface area contributed by atoms with E-state index in [4.69, 9.17) is 4.74 Å². The van der Waals surface area contributed by atoms with Crippen LogP contribution in [-0.4, -0.2) is 40.0 Å². The van der Waals surface area contributed by atoms with E-state index in [1.54, 1.807) is 25.7 Å². The van der Waals surface area contributed by atoms with Crippen molar-refractivity contribution in [1.82, 2.24) is 10.2 Å². The number of carbonyl (C=O) groups excluding carboxylic acids is 3. The van der Waals surface area contributed by atoms with Crippen molar-refractivity contribution >= 4 is 23.6 Å². The normalized spacial score (nSPS) is 13.5. The lowest BCUT2D eigenvalue weighted by Gasteiger charge is -2.44. The molecule has 0 aliphatic rings. The maximum atomic E-state index is 14.3. The van der Waals surface area contributed by atoms with E-state index in [1.807, 2.05) is 97.0 Å². The lowest BCUT2D eigenvalue weighted by Crippen LogP contribution is -2.59. The quantitative estimate of drug-likeness (QED) is 0.468. The van der Waals surface area contributed by atoms with Crippen LogP contribution >= 0.6 is 0 Å². The van der Waals surface area contributed by atoms with E-state index in [9.17, 15) is 14.4 Å². The number of nitrogens with zero attached hydrogens (tertiary/aromatic N) is 1. The molecule has 2 rings (SSSR count). The number of hydrogen-bond acceptors (Lipinski definition) is 4. The first kappa shape index (κ1) is 29.9. The molecule has 7 nitrogen and oxygen atoms in total. The van der Waals surface area contributed by atoms with Crippen LogP contribution in [0.2, 0.25) is 0 Å². The van der Waals surface area contributed by atoms with E-state index < -0.39 is 29.3 Å². The molecule has 0 spiro atoms. The second-order valence-electron chi connectivity index (χ2n) is 11.8. The zero-order valence-corrected chi connectivity index (χ0v) is 23.9. The summed E-state index contributed by atoms with van der Waals surface area (Å²) in [6.07, 6.45) is -0.676. The fourth-order valence-electron chi connectivity index (χ4n) is 4.15. The zero-order valence-electron chi connectivity index (χ0n) is 23.9. The average molecular weight is 510 g/mol. The van der Waals surface area contributed by atoms with Crippen LogP contribution in [0.5, 0.6) is 0 Å². The minimum Gasteiger partial charge on any atom is -0.444 e. The molecule has 0 bridgehead atoms. The summed E-state index contributed by atoms with van der Waals surface area (Å²) in [7, 11) is 0. The number of carbonyl (C=O) groups is 3. The molecule has 0 aliphatic heterocycles. The first-order valence-corrected chi connectivity index (χ1v) is 12.8. The lowest BCUT2D eigenvalue weighted by atomic mass is 9.91. The number of para-hydroxylation sites is 1. The minimum atomic E-state index is -0.935. The van der Waals surface area contributed by atoms with Crippen molar-refractivity contribution in [3.63, 3.8) is 0 Å². The van der Waals surface area contributed by atoms with Gasteiger partial charge in [0.2, 0.25) is 5.91 Å². The number of alkyl carbamates (subject to hydrolysis) is 1. The van der Waals surface area contributed by atoms with E-state index in [1.165, 1.54) is 0 Å². The first-order chi connectivity index (χ1) is 17.0. The van der Waals surface area contributed by atoms with E-state index in [-0.39, 0.29) is 17.7 Å². The summed E-state index contributed by atoms with van der Waals surface area (Å²) in [5.41, 5.74) is 1.73. The topological polar surface area (TPSA) is 87.7 Å². The van der Waals surface area contributed by atoms with Crippen molar-refractivity contribution < 1.29 is 19.1 Å². The Morgan fingerprint density at radius 3 is 1.86 bits per heavy atom. The highest BCUT2D eigenvalue weighted by Gasteiger charge is 2.43. The number of aryl methyl sites for hydroxylation is 2. The first-order valence-electron chi connectivity index (χ1n) is 12.8. The standard InChI is InChI=1S/C30H43N3O4/c1-19(2)24(32-28(36)37-30(8,9)10)27(35)33(29(5,6)7)25(22-17-13-11-15-20(22)3)26(34)31-23-18-14-12-16-21(23)4/h11-19,24-25H,1-10H3,(H,31,34)(H,32,36). The van der Waals surface area contributed by atoms with Crippen LogP contribution in [0, 0.1) is 19.8 Å². The molecule has 0 aliphatic carbocycles. The lowest BCUT2D eigenvalue weighted by molar-refractivity contribution is -0.147. The predicted octanol–water partition coefficient (Wildman–Crippen LogP) is 6.16. The van der Waals surface area contributed by atoms with Crippen molar-refractivity contribution in [1.29, 1.82) is 0 Å². The fourth-order valence-corrected chi connectivity index (χ4v) is 4.15. The number of amides is 3. The molecule has 2 atom stereocenters. The van der Waals surface area contributed by atoms with Gasteiger partial charge < -0.3 is 20.3 Å². The van der Waals surface area contributed by atoms with Gasteiger partial charge in [0, 0.05) is 11.2 Å². The van der Waals surface area contributed by atoms with Crippen LogP contribution in [0.15, 0.2) is 48.5 Å². The maximum Gasteiger partial charge on any atom is 0.408 e. The highest BCUT2D eigenvalue weighted by molar-refractivity contribution is 5.99. The van der Waals surface area contributed by atoms with Gasteiger partial charge >= 0.3 is 6.09 Å². The van der Waals surface area contributed by atoms with Crippen LogP contribution in [0.1, 0.15) is 78.1 Å². The van der Waals surface area contributed by atoms with Crippen LogP contribution in [0.3, 0.4) is 0 Å². The van der Waals surface area contributed by atoms with Gasteiger partial charge in [-0.25, -0.2) is 4.79 Å². The maximum absolute atomic E-state index is 14.3. The molecule has 2 aromatic rings. The Bertz CT molecular complexity index is 1110. The molecule has 0 saturated carbocycles. The van der Waals surface area contributed by atoms with Crippen molar-refractivity contribution in [2.45, 2.75) is 92.5 Å². The number of benzene rings is 2. The van der Waals surface area contributed by atoms with E-state index in [2.05, 4.69) is 10.6 Å². The summed E-state index contributed by atoms with van der Waals surface area (Å²) in [5.74, 6) is -0.935. The number of hydrogen-bond donors (Lipinski definition) is 2. The molecule has 37 heavy (non-hydrogen) atoms. The summed E-state index contributed by atoms with van der Waals surface area (Å²) in [6.45, 7) is 18.5. The minimum absolute atomic E-state index is 0.248. The van der Waals surface area contributed by atoms with Crippen molar-refractivity contribution in [2.75, 3.05) is 5.32 Å². The Labute approximate surface area is 222 Å². The van der Waals surface area contributed by atoms with Gasteiger partial charge in [-0.05, 0) is 84.1 Å². The van der Waals surface area contributed by atoms with Gasteiger partial charge in [0.15, 0.2) is 0 Å². The molecule has 3 amide bonds. The Morgan fingerprint density at radius 2 is 1.38 bits per heavy atom. The number of anilines is 1. The summed E-state index contributed by atoms with van der Waals surface area (Å²) < 4.78 is 5.44. The van der Waals surface area contributed by atoms with E-state index in [0.29, 0.717) is 5.69 Å². The largest absolute Gasteiger partial charge is 0.444 e. The Hall–Kier alpha value is -3.35. The highest BCUT2D eigenvalue weighted by atomic mass is 16.6. The molecule has 0 fully saturated rings. The molecular weight excluding hydrogens is 466 g/mol. The number of rotatable bonds is 7. The molecule has 2 N–H and O–H groups in total. The Morgan fingerprint density at radius 1 is 0.838 bits per heavy atom. The van der Waals surface area contributed by atoms with Gasteiger partial charge in [0.25, 0.3) is 5.91 Å². The predicted molar refractivity (Wildman–Crippen MR) is 148 cm³/mol. The van der Waals surface area contributed by atoms with Gasteiger partial charge in [-0.15, -0.1) is 0 Å². The van der Waals surface area contributed by atoms with Gasteiger partial charge in [-0.2, -0.15) is 0 Å². The highest BCUT2D eigenvalue weighted by Crippen LogP contribution is 2.33. The van der Waals surface area contributed by atoms with Crippen molar-refractivity contribution in [3.8, 4) is 0 Å². The smallest absolute Gasteiger partial charge is 0.408 e. The molecule has 7 heteroatoms. The van der Waals surface area contributed by atoms with Gasteiger partial charge in [0.1, 0.15) is 17.7 Å². The zero-order chi connectivity index (χ0) is 28.1. The molecular formula is C30H43N3O4. The summed E-state index contributed by atoms with van der Waals surface area (Å²) in [4.78, 5) is 42.5. The van der Waals surface area contributed by atoms with Crippen LogP contribution in [0.25, 0.3) is 0 Å². The van der Waals surface area contributed by atoms with Gasteiger partial charge in [-0.3, -0.25) is 9.59 Å². The number of nitrogens with one attached hydrogen (secondary N) is 2. The van der Waals surface area contributed by atoms with Gasteiger partial charge in [-0.1, -0.05) is 56.3 Å². The average Bonchev–Trinajstić information content (AvgIpc) is 2.75. The molecule has 202 valence electrons. The van der Waals surface area contributed by atoms with Crippen LogP contribution < -0.4 is 10.6 Å². The Kier molecular flexibility index (Phi) is 9.53. The molecule has 0 radical (unpaired) electrons. The van der Waals surface area contributed by atoms with Gasteiger partial charge in [0.05, 0.1) is 0 Å². The third kappa shape index (κ3) is 8.07. The summed E-state index contributed by atoms with van der Waals surface area (Å²) >= 11 is 0. The monoisotopic (exact) mass is 509 g/mol. The second kappa shape index (κ2) is 11.8. The van der Waals surface area contributed by atoms with Crippen molar-refractivity contribution in [2.24, 2.45) is 5.92 Å². The van der Waals surface area contributed by atoms with Crippen LogP contribution in [-0.2, 0) is 14.3 Å². The number of ether oxygens (including phenoxy) is 1. The Balaban J connectivity index is 2.60. The second-order valence-corrected chi connectivity index (χ2v) is 11.8. The third-order valence-corrected chi connectivity index (χ3v) is 5.96. The fraction of sp³-hybridized carbons (Fsp3) is 0.500. The summed E-state index contributed by atoms with van der Waals surface area (Å²) in [5, 5.41) is 5.80. The molecule has 2 aromatic carbocycles. The molecule has 0 aromatic heterocycles. The van der Waals surface area contributed by atoms with Crippen LogP contribution in [0.4, 0.5) is 10.5 Å². The third-order valence-electron chi connectivity index (χ3n) is 5.96. The molecule has 0 saturated heterocycles. The SMILES string of the molecule is Cc1ccccc1NC(=O)C(c1ccccc1C)N(C(=O)C(NC(=O)OC(C)(C)C)C(C)C)C(C)(C)C. The summed E-state index contributed by atoms with van der Waals surface area (Å²) in [6, 6.07) is 13.3. The van der Waals surface area contributed by atoms with Crippen molar-refractivity contribution in [3.05, 3.63) is 65.2 Å². The molecule has 0 heterocycles. The van der Waals surface area contributed by atoms with E-state index in [0.717, 1.165) is 16.7 Å². The molecule has 2 unspecified atom stereocenters. The van der Waals surface area contributed by atoms with E-state index >= 15 is 0 Å².